The van der Waals surface area contributed by atoms with Crippen LogP contribution in [0, 0.1) is 0 Å². The van der Waals surface area contributed by atoms with Crippen molar-refractivity contribution in [3.05, 3.63) is 40.5 Å². The first kappa shape index (κ1) is 16.3. The maximum atomic E-state index is 12.6. The summed E-state index contributed by atoms with van der Waals surface area (Å²) in [6, 6.07) is 4.26. The van der Waals surface area contributed by atoms with Gasteiger partial charge < -0.3 is 19.4 Å². The number of carbonyl (C=O) groups is 3. The number of rotatable bonds is 4. The molecule has 0 aliphatic carbocycles. The van der Waals surface area contributed by atoms with Gasteiger partial charge in [-0.05, 0) is 36.4 Å². The molecule has 1 saturated heterocycles. The minimum atomic E-state index is -0.590. The van der Waals surface area contributed by atoms with Crippen molar-refractivity contribution >= 4 is 34.8 Å². The van der Waals surface area contributed by atoms with Crippen molar-refractivity contribution in [1.82, 2.24) is 4.90 Å². The Kier molecular flexibility index (Phi) is 4.66. The minimum absolute atomic E-state index is 0.209. The number of carbonyl (C=O) groups excluding carboxylic acids is 3. The van der Waals surface area contributed by atoms with Crippen LogP contribution in [0.5, 0.6) is 0 Å². The van der Waals surface area contributed by atoms with E-state index in [9.17, 15) is 14.4 Å². The number of methoxy groups -OCH3 is 1. The lowest BCUT2D eigenvalue weighted by Crippen LogP contribution is -2.43. The number of anilines is 1. The maximum Gasteiger partial charge on any atom is 0.350 e. The maximum absolute atomic E-state index is 12.6. The monoisotopic (exact) mass is 348 g/mol. The molecule has 0 aromatic carbocycles. The van der Waals surface area contributed by atoms with E-state index >= 15 is 0 Å². The Bertz CT molecular complexity index is 752. The predicted molar refractivity (Wildman–Crippen MR) is 87.1 cm³/mol. The van der Waals surface area contributed by atoms with Gasteiger partial charge in [-0.25, -0.2) is 4.79 Å². The number of ether oxygens (including phenoxy) is 1. The van der Waals surface area contributed by atoms with Crippen LogP contribution in [0.25, 0.3) is 0 Å². The Morgan fingerprint density at radius 1 is 1.38 bits per heavy atom. The summed E-state index contributed by atoms with van der Waals surface area (Å²) in [5.74, 6) is -0.928. The average molecular weight is 348 g/mol. The minimum Gasteiger partial charge on any atom is -0.465 e. The first-order chi connectivity index (χ1) is 11.6. The molecule has 2 aromatic heterocycles. The first-order valence-electron chi connectivity index (χ1n) is 7.43. The van der Waals surface area contributed by atoms with Gasteiger partial charge in [0.2, 0.25) is 5.91 Å². The van der Waals surface area contributed by atoms with E-state index in [1.54, 1.807) is 23.6 Å². The third kappa shape index (κ3) is 3.05. The van der Waals surface area contributed by atoms with Gasteiger partial charge in [0.05, 0.1) is 19.1 Å². The molecule has 0 bridgehead atoms. The quantitative estimate of drug-likeness (QED) is 0.857. The van der Waals surface area contributed by atoms with E-state index in [0.717, 1.165) is 6.42 Å². The zero-order valence-corrected chi connectivity index (χ0v) is 13.8. The largest absolute Gasteiger partial charge is 0.465 e. The van der Waals surface area contributed by atoms with Crippen molar-refractivity contribution in [3.8, 4) is 0 Å². The third-order valence-electron chi connectivity index (χ3n) is 3.84. The van der Waals surface area contributed by atoms with Gasteiger partial charge in [0, 0.05) is 6.54 Å². The lowest BCUT2D eigenvalue weighted by atomic mass is 10.2. The summed E-state index contributed by atoms with van der Waals surface area (Å²) in [5.41, 5.74) is 0.397. The molecule has 24 heavy (non-hydrogen) atoms. The van der Waals surface area contributed by atoms with Crippen LogP contribution in [0.4, 0.5) is 5.69 Å². The van der Waals surface area contributed by atoms with Gasteiger partial charge in [-0.2, -0.15) is 0 Å². The van der Waals surface area contributed by atoms with Crippen molar-refractivity contribution in [1.29, 1.82) is 0 Å². The van der Waals surface area contributed by atoms with E-state index in [4.69, 9.17) is 9.15 Å². The summed E-state index contributed by atoms with van der Waals surface area (Å²) < 4.78 is 9.82. The SMILES string of the molecule is COC(=O)c1sccc1NC(=O)[C@H]1CCCN1C(=O)c1ccco1. The summed E-state index contributed by atoms with van der Waals surface area (Å²) in [7, 11) is 1.29. The number of nitrogens with zero attached hydrogens (tertiary/aromatic N) is 1. The zero-order valence-electron chi connectivity index (χ0n) is 13.0. The predicted octanol–water partition coefficient (Wildman–Crippen LogP) is 2.37. The molecule has 1 atom stereocenters. The smallest absolute Gasteiger partial charge is 0.350 e. The highest BCUT2D eigenvalue weighted by atomic mass is 32.1. The van der Waals surface area contributed by atoms with E-state index in [2.05, 4.69) is 5.32 Å². The molecule has 1 aliphatic heterocycles. The molecule has 2 amide bonds. The fourth-order valence-corrected chi connectivity index (χ4v) is 3.46. The van der Waals surface area contributed by atoms with Gasteiger partial charge in [0.15, 0.2) is 5.76 Å². The number of nitrogens with one attached hydrogen (secondary N) is 1. The van der Waals surface area contributed by atoms with Crippen LogP contribution in [0.1, 0.15) is 33.1 Å². The fraction of sp³-hybridized carbons (Fsp3) is 0.312. The van der Waals surface area contributed by atoms with Crippen LogP contribution >= 0.6 is 11.3 Å². The molecular weight excluding hydrogens is 332 g/mol. The molecule has 1 aliphatic rings. The summed E-state index contributed by atoms with van der Waals surface area (Å²) >= 11 is 1.19. The third-order valence-corrected chi connectivity index (χ3v) is 4.74. The molecule has 8 heteroatoms. The Hall–Kier alpha value is -2.61. The molecule has 3 rings (SSSR count). The van der Waals surface area contributed by atoms with Gasteiger partial charge in [-0.1, -0.05) is 0 Å². The van der Waals surface area contributed by atoms with Crippen LogP contribution in [0.2, 0.25) is 0 Å². The highest BCUT2D eigenvalue weighted by Crippen LogP contribution is 2.26. The van der Waals surface area contributed by atoms with E-state index < -0.39 is 12.0 Å². The van der Waals surface area contributed by atoms with Crippen molar-refractivity contribution in [3.63, 3.8) is 0 Å². The van der Waals surface area contributed by atoms with Crippen molar-refractivity contribution < 1.29 is 23.5 Å². The number of likely N-dealkylation sites (tertiary alicyclic amines) is 1. The van der Waals surface area contributed by atoms with Crippen molar-refractivity contribution in [2.45, 2.75) is 18.9 Å². The van der Waals surface area contributed by atoms with Gasteiger partial charge in [0.1, 0.15) is 10.9 Å². The summed E-state index contributed by atoms with van der Waals surface area (Å²) in [6.07, 6.45) is 2.72. The average Bonchev–Trinajstić information content (AvgIpc) is 3.32. The topological polar surface area (TPSA) is 88.9 Å². The lowest BCUT2D eigenvalue weighted by molar-refractivity contribution is -0.119. The van der Waals surface area contributed by atoms with E-state index in [0.29, 0.717) is 23.5 Å². The van der Waals surface area contributed by atoms with Gasteiger partial charge in [-0.15, -0.1) is 11.3 Å². The lowest BCUT2D eigenvalue weighted by Gasteiger charge is -2.23. The highest BCUT2D eigenvalue weighted by molar-refractivity contribution is 7.12. The number of hydrogen-bond acceptors (Lipinski definition) is 6. The van der Waals surface area contributed by atoms with Crippen LogP contribution in [0.3, 0.4) is 0 Å². The fourth-order valence-electron chi connectivity index (χ4n) is 2.70. The number of furan rings is 1. The van der Waals surface area contributed by atoms with E-state index in [-0.39, 0.29) is 17.6 Å². The van der Waals surface area contributed by atoms with Gasteiger partial charge in [0.25, 0.3) is 5.91 Å². The second kappa shape index (κ2) is 6.88. The molecule has 126 valence electrons. The molecule has 2 aromatic rings. The molecule has 7 nitrogen and oxygen atoms in total. The summed E-state index contributed by atoms with van der Waals surface area (Å²) in [6.45, 7) is 0.491. The Morgan fingerprint density at radius 2 is 2.21 bits per heavy atom. The van der Waals surface area contributed by atoms with E-state index in [1.165, 1.54) is 29.6 Å². The second-order valence-corrected chi connectivity index (χ2v) is 6.19. The Morgan fingerprint density at radius 3 is 2.92 bits per heavy atom. The summed E-state index contributed by atoms with van der Waals surface area (Å²) in [5, 5.41) is 4.42. The number of hydrogen-bond donors (Lipinski definition) is 1. The Labute approximate surface area is 142 Å². The molecule has 0 unspecified atom stereocenters. The van der Waals surface area contributed by atoms with Gasteiger partial charge in [-0.3, -0.25) is 9.59 Å². The Balaban J connectivity index is 1.74. The van der Waals surface area contributed by atoms with Crippen molar-refractivity contribution in [2.75, 3.05) is 19.0 Å². The zero-order chi connectivity index (χ0) is 17.1. The van der Waals surface area contributed by atoms with E-state index in [1.807, 2.05) is 0 Å². The molecule has 0 radical (unpaired) electrons. The van der Waals surface area contributed by atoms with Crippen LogP contribution in [-0.2, 0) is 9.53 Å². The van der Waals surface area contributed by atoms with Crippen molar-refractivity contribution in [2.24, 2.45) is 0 Å². The van der Waals surface area contributed by atoms with Gasteiger partial charge >= 0.3 is 5.97 Å². The standard InChI is InChI=1S/C16H16N2O5S/c1-22-16(21)13-10(6-9-24-13)17-14(19)11-4-2-7-18(11)15(20)12-5-3-8-23-12/h3,5-6,8-9,11H,2,4,7H2,1H3,(H,17,19)/t11-/m1/s1. The second-order valence-electron chi connectivity index (χ2n) is 5.28. The van der Waals surface area contributed by atoms with Crippen LogP contribution < -0.4 is 5.32 Å². The van der Waals surface area contributed by atoms with Crippen LogP contribution in [-0.4, -0.2) is 42.4 Å². The first-order valence-corrected chi connectivity index (χ1v) is 8.31. The number of thiophene rings is 1. The number of amides is 2. The molecule has 3 heterocycles. The normalized spacial score (nSPS) is 16.9. The summed E-state index contributed by atoms with van der Waals surface area (Å²) in [4.78, 5) is 38.5. The molecular formula is C16H16N2O5S. The number of esters is 1. The highest BCUT2D eigenvalue weighted by Gasteiger charge is 2.36. The molecule has 1 N–H and O–H groups in total. The molecule has 0 saturated carbocycles. The molecule has 0 spiro atoms. The van der Waals surface area contributed by atoms with Crippen LogP contribution in [0.15, 0.2) is 34.3 Å². The molecule has 1 fully saturated rings.